The molecule has 0 bridgehead atoms. The predicted molar refractivity (Wildman–Crippen MR) is 113 cm³/mol. The van der Waals surface area contributed by atoms with E-state index in [0.29, 0.717) is 31.4 Å². The maximum atomic E-state index is 13.6. The lowest BCUT2D eigenvalue weighted by Gasteiger charge is -2.34. The van der Waals surface area contributed by atoms with Crippen molar-refractivity contribution < 1.29 is 17.6 Å². The second-order valence-corrected chi connectivity index (χ2v) is 9.39. The van der Waals surface area contributed by atoms with Crippen LogP contribution in [-0.2, 0) is 18.1 Å². The van der Waals surface area contributed by atoms with Crippen LogP contribution in [0.5, 0.6) is 0 Å². The van der Waals surface area contributed by atoms with E-state index in [0.717, 1.165) is 12.6 Å². The van der Waals surface area contributed by atoms with Gasteiger partial charge in [-0.25, -0.2) is 9.37 Å². The van der Waals surface area contributed by atoms with Crippen molar-refractivity contribution in [1.29, 1.82) is 0 Å². The van der Waals surface area contributed by atoms with E-state index in [1.54, 1.807) is 0 Å². The lowest BCUT2D eigenvalue weighted by atomic mass is 9.86. The summed E-state index contributed by atoms with van der Waals surface area (Å²) in [7, 11) is 0. The zero-order valence-corrected chi connectivity index (χ0v) is 18.0. The molecule has 1 saturated heterocycles. The molecule has 3 nitrogen and oxygen atoms in total. The minimum absolute atomic E-state index is 0.0497. The molecular weight excluding hydrogens is 406 g/mol. The number of hydrogen-bond acceptors (Lipinski definition) is 2. The van der Waals surface area contributed by atoms with Crippen molar-refractivity contribution >= 4 is 11.0 Å². The van der Waals surface area contributed by atoms with Crippen molar-refractivity contribution in [3.8, 4) is 0 Å². The van der Waals surface area contributed by atoms with Gasteiger partial charge in [-0.3, -0.25) is 4.90 Å². The van der Waals surface area contributed by atoms with Gasteiger partial charge in [-0.2, -0.15) is 13.2 Å². The molecule has 166 valence electrons. The van der Waals surface area contributed by atoms with Gasteiger partial charge < -0.3 is 4.57 Å². The predicted octanol–water partition coefficient (Wildman–Crippen LogP) is 6.33. The summed E-state index contributed by atoms with van der Waals surface area (Å²) < 4.78 is 55.7. The van der Waals surface area contributed by atoms with Crippen molar-refractivity contribution in [3.63, 3.8) is 0 Å². The number of rotatable bonds is 3. The van der Waals surface area contributed by atoms with Crippen LogP contribution in [-0.4, -0.2) is 27.5 Å². The second-order valence-electron chi connectivity index (χ2n) is 9.39. The van der Waals surface area contributed by atoms with Gasteiger partial charge in [0.2, 0.25) is 5.82 Å². The lowest BCUT2D eigenvalue weighted by Crippen LogP contribution is -2.35. The Morgan fingerprint density at radius 2 is 1.61 bits per heavy atom. The zero-order chi connectivity index (χ0) is 22.4. The van der Waals surface area contributed by atoms with Gasteiger partial charge in [-0.05, 0) is 41.5 Å². The van der Waals surface area contributed by atoms with Gasteiger partial charge in [0.25, 0.3) is 0 Å². The van der Waals surface area contributed by atoms with Gasteiger partial charge in [0.1, 0.15) is 5.82 Å². The number of imidazole rings is 1. The van der Waals surface area contributed by atoms with Crippen LogP contribution in [0.1, 0.15) is 56.6 Å². The Labute approximate surface area is 179 Å². The Balaban J connectivity index is 1.49. The Bertz CT molecular complexity index is 1050. The molecule has 0 saturated carbocycles. The fourth-order valence-corrected chi connectivity index (χ4v) is 4.35. The average molecular weight is 433 g/mol. The summed E-state index contributed by atoms with van der Waals surface area (Å²) in [5.74, 6) is -1.53. The SMILES string of the molecule is CC(C)(C)c1ccc(CN2CCC(n3c(C(F)(F)F)nc4cc(F)ccc43)CC2)cc1. The van der Waals surface area contributed by atoms with Crippen molar-refractivity contribution in [2.75, 3.05) is 13.1 Å². The Morgan fingerprint density at radius 3 is 2.19 bits per heavy atom. The number of fused-ring (bicyclic) bond motifs is 1. The molecule has 0 unspecified atom stereocenters. The van der Waals surface area contributed by atoms with E-state index in [1.807, 2.05) is 0 Å². The number of likely N-dealkylation sites (tertiary alicyclic amines) is 1. The number of piperidine rings is 1. The van der Waals surface area contributed by atoms with E-state index < -0.39 is 17.8 Å². The first-order valence-corrected chi connectivity index (χ1v) is 10.6. The quantitative estimate of drug-likeness (QED) is 0.450. The molecule has 3 aromatic rings. The minimum Gasteiger partial charge on any atom is -0.317 e. The molecule has 0 N–H and O–H groups in total. The summed E-state index contributed by atoms with van der Waals surface area (Å²) in [4.78, 5) is 5.99. The monoisotopic (exact) mass is 433 g/mol. The van der Waals surface area contributed by atoms with Crippen LogP contribution in [0.2, 0.25) is 0 Å². The number of alkyl halides is 3. The third-order valence-electron chi connectivity index (χ3n) is 6.05. The smallest absolute Gasteiger partial charge is 0.317 e. The summed E-state index contributed by atoms with van der Waals surface area (Å²) >= 11 is 0. The van der Waals surface area contributed by atoms with Crippen molar-refractivity contribution in [2.24, 2.45) is 0 Å². The first-order valence-electron chi connectivity index (χ1n) is 10.6. The average Bonchev–Trinajstić information content (AvgIpc) is 3.07. The van der Waals surface area contributed by atoms with Gasteiger partial charge in [0.15, 0.2) is 0 Å². The number of aromatic nitrogens is 2. The van der Waals surface area contributed by atoms with Crippen LogP contribution in [0.25, 0.3) is 11.0 Å². The Hall–Kier alpha value is -2.41. The highest BCUT2D eigenvalue weighted by molar-refractivity contribution is 5.76. The highest BCUT2D eigenvalue weighted by atomic mass is 19.4. The molecule has 1 fully saturated rings. The van der Waals surface area contributed by atoms with E-state index in [9.17, 15) is 17.6 Å². The van der Waals surface area contributed by atoms with Gasteiger partial charge in [-0.1, -0.05) is 45.0 Å². The fraction of sp³-hybridized carbons (Fsp3) is 0.458. The van der Waals surface area contributed by atoms with Gasteiger partial charge in [0, 0.05) is 31.7 Å². The standard InChI is InChI=1S/C24H27F4N3/c1-23(2,3)17-6-4-16(5-7-17)15-30-12-10-19(11-13-30)31-21-9-8-18(25)14-20(21)29-22(31)24(26,27)28/h4-9,14,19H,10-13,15H2,1-3H3. The lowest BCUT2D eigenvalue weighted by molar-refractivity contribution is -0.148. The third-order valence-corrected chi connectivity index (χ3v) is 6.05. The van der Waals surface area contributed by atoms with Gasteiger partial charge in [0.05, 0.1) is 11.0 Å². The van der Waals surface area contributed by atoms with E-state index in [-0.39, 0.29) is 17.0 Å². The molecule has 0 atom stereocenters. The largest absolute Gasteiger partial charge is 0.449 e. The molecule has 31 heavy (non-hydrogen) atoms. The van der Waals surface area contributed by atoms with Crippen LogP contribution in [0.4, 0.5) is 17.6 Å². The molecule has 0 radical (unpaired) electrons. The normalized spacial score (nSPS) is 16.9. The molecule has 4 rings (SSSR count). The number of nitrogens with zero attached hydrogens (tertiary/aromatic N) is 3. The molecule has 0 amide bonds. The third kappa shape index (κ3) is 4.61. The van der Waals surface area contributed by atoms with Gasteiger partial charge >= 0.3 is 6.18 Å². The summed E-state index contributed by atoms with van der Waals surface area (Å²) in [6.45, 7) is 8.70. The van der Waals surface area contributed by atoms with Crippen LogP contribution in [0.15, 0.2) is 42.5 Å². The highest BCUT2D eigenvalue weighted by Gasteiger charge is 2.40. The topological polar surface area (TPSA) is 21.1 Å². The zero-order valence-electron chi connectivity index (χ0n) is 18.0. The summed E-state index contributed by atoms with van der Waals surface area (Å²) in [5, 5.41) is 0. The van der Waals surface area contributed by atoms with Crippen molar-refractivity contribution in [3.05, 3.63) is 65.2 Å². The molecule has 1 aromatic heterocycles. The van der Waals surface area contributed by atoms with E-state index in [1.165, 1.54) is 27.8 Å². The van der Waals surface area contributed by atoms with Crippen LogP contribution >= 0.6 is 0 Å². The number of hydrogen-bond donors (Lipinski definition) is 0. The summed E-state index contributed by atoms with van der Waals surface area (Å²) in [5.41, 5.74) is 2.96. The Morgan fingerprint density at radius 1 is 0.968 bits per heavy atom. The molecule has 0 spiro atoms. The first-order chi connectivity index (χ1) is 14.5. The maximum absolute atomic E-state index is 13.6. The minimum atomic E-state index is -4.58. The molecule has 2 aromatic carbocycles. The molecule has 2 heterocycles. The second kappa shape index (κ2) is 7.93. The molecule has 0 aliphatic carbocycles. The van der Waals surface area contributed by atoms with Crippen LogP contribution in [0, 0.1) is 5.82 Å². The van der Waals surface area contributed by atoms with E-state index in [2.05, 4.69) is 54.9 Å². The number of benzene rings is 2. The first kappa shape index (κ1) is 21.8. The van der Waals surface area contributed by atoms with Crippen molar-refractivity contribution in [2.45, 2.75) is 57.8 Å². The molecule has 1 aliphatic heterocycles. The number of halogens is 4. The fourth-order valence-electron chi connectivity index (χ4n) is 4.35. The molecule has 1 aliphatic rings. The van der Waals surface area contributed by atoms with Gasteiger partial charge in [-0.15, -0.1) is 0 Å². The van der Waals surface area contributed by atoms with Crippen LogP contribution < -0.4 is 0 Å². The summed E-state index contributed by atoms with van der Waals surface area (Å²) in [6, 6.07) is 11.9. The Kier molecular flexibility index (Phi) is 5.58. The van der Waals surface area contributed by atoms with Crippen molar-refractivity contribution in [1.82, 2.24) is 14.5 Å². The molecular formula is C24H27F4N3. The highest BCUT2D eigenvalue weighted by Crippen LogP contribution is 2.37. The van der Waals surface area contributed by atoms with E-state index >= 15 is 0 Å². The van der Waals surface area contributed by atoms with E-state index in [4.69, 9.17) is 0 Å². The maximum Gasteiger partial charge on any atom is 0.449 e. The van der Waals surface area contributed by atoms with Crippen LogP contribution in [0.3, 0.4) is 0 Å². The molecule has 7 heteroatoms. The summed E-state index contributed by atoms with van der Waals surface area (Å²) in [6.07, 6.45) is -3.40.